The Balaban J connectivity index is 1.62. The Hall–Kier alpha value is -3.21. The SMILES string of the molecule is Cc1ccc(C)c(Nc2ccc(NC(=O)Cc3cccc(F)c3)nc2)c1. The van der Waals surface area contributed by atoms with Gasteiger partial charge in [0.2, 0.25) is 5.91 Å². The minimum Gasteiger partial charge on any atom is -0.354 e. The van der Waals surface area contributed by atoms with Crippen LogP contribution in [0.5, 0.6) is 0 Å². The number of carbonyl (C=O) groups excluding carboxylic acids is 1. The van der Waals surface area contributed by atoms with Crippen LogP contribution in [0, 0.1) is 19.7 Å². The first kappa shape index (κ1) is 17.6. The van der Waals surface area contributed by atoms with Crippen molar-refractivity contribution in [1.29, 1.82) is 0 Å². The number of carbonyl (C=O) groups is 1. The molecule has 26 heavy (non-hydrogen) atoms. The van der Waals surface area contributed by atoms with E-state index in [-0.39, 0.29) is 18.1 Å². The van der Waals surface area contributed by atoms with E-state index in [1.54, 1.807) is 24.4 Å². The molecule has 0 fully saturated rings. The van der Waals surface area contributed by atoms with Crippen molar-refractivity contribution in [2.24, 2.45) is 0 Å². The summed E-state index contributed by atoms with van der Waals surface area (Å²) < 4.78 is 13.2. The minimum absolute atomic E-state index is 0.0991. The number of aromatic nitrogens is 1. The normalized spacial score (nSPS) is 10.4. The predicted molar refractivity (Wildman–Crippen MR) is 102 cm³/mol. The highest BCUT2D eigenvalue weighted by Gasteiger charge is 2.06. The topological polar surface area (TPSA) is 54.0 Å². The standard InChI is InChI=1S/C21H20FN3O/c1-14-6-7-15(2)19(10-14)24-18-8-9-20(23-13-18)25-21(26)12-16-4-3-5-17(22)11-16/h3-11,13,24H,12H2,1-2H3,(H,23,25,26). The van der Waals surface area contributed by atoms with Crippen LogP contribution in [0.1, 0.15) is 16.7 Å². The van der Waals surface area contributed by atoms with E-state index < -0.39 is 0 Å². The van der Waals surface area contributed by atoms with Crippen molar-refractivity contribution >= 4 is 23.1 Å². The molecule has 0 spiro atoms. The Bertz CT molecular complexity index is 923. The van der Waals surface area contributed by atoms with Gasteiger partial charge in [-0.2, -0.15) is 0 Å². The predicted octanol–water partition coefficient (Wildman–Crippen LogP) is 4.76. The number of hydrogen-bond acceptors (Lipinski definition) is 3. The Morgan fingerprint density at radius 2 is 1.92 bits per heavy atom. The lowest BCUT2D eigenvalue weighted by Crippen LogP contribution is -2.15. The molecule has 5 heteroatoms. The summed E-state index contributed by atoms with van der Waals surface area (Å²) in [5, 5.41) is 6.04. The maximum Gasteiger partial charge on any atom is 0.229 e. The average molecular weight is 349 g/mol. The van der Waals surface area contributed by atoms with E-state index in [9.17, 15) is 9.18 Å². The largest absolute Gasteiger partial charge is 0.354 e. The number of hydrogen-bond donors (Lipinski definition) is 2. The van der Waals surface area contributed by atoms with Crippen LogP contribution < -0.4 is 10.6 Å². The molecule has 3 aromatic rings. The number of aryl methyl sites for hydroxylation is 2. The van der Waals surface area contributed by atoms with Gasteiger partial charge in [-0.25, -0.2) is 9.37 Å². The first-order chi connectivity index (χ1) is 12.5. The molecule has 3 rings (SSSR count). The number of halogens is 1. The van der Waals surface area contributed by atoms with Gasteiger partial charge in [-0.3, -0.25) is 4.79 Å². The quantitative estimate of drug-likeness (QED) is 0.698. The summed E-state index contributed by atoms with van der Waals surface area (Å²) in [5.74, 6) is -0.133. The van der Waals surface area contributed by atoms with E-state index in [2.05, 4.69) is 33.8 Å². The highest BCUT2D eigenvalue weighted by Crippen LogP contribution is 2.22. The van der Waals surface area contributed by atoms with E-state index in [0.29, 0.717) is 11.4 Å². The first-order valence-electron chi connectivity index (χ1n) is 8.34. The molecule has 1 heterocycles. The van der Waals surface area contributed by atoms with Gasteiger partial charge >= 0.3 is 0 Å². The third-order valence-corrected chi connectivity index (χ3v) is 3.96. The molecule has 0 aliphatic carbocycles. The highest BCUT2D eigenvalue weighted by molar-refractivity contribution is 5.91. The summed E-state index contributed by atoms with van der Waals surface area (Å²) in [6.45, 7) is 4.08. The van der Waals surface area contributed by atoms with Crippen LogP contribution in [0.2, 0.25) is 0 Å². The second-order valence-electron chi connectivity index (χ2n) is 6.23. The van der Waals surface area contributed by atoms with Crippen LogP contribution in [0.15, 0.2) is 60.8 Å². The Labute approximate surface area is 152 Å². The third kappa shape index (κ3) is 4.66. The van der Waals surface area contributed by atoms with Crippen molar-refractivity contribution in [3.8, 4) is 0 Å². The number of amides is 1. The molecule has 0 saturated heterocycles. The van der Waals surface area contributed by atoms with E-state index in [1.807, 2.05) is 19.9 Å². The van der Waals surface area contributed by atoms with Gasteiger partial charge in [0.25, 0.3) is 0 Å². The number of pyridine rings is 1. The van der Waals surface area contributed by atoms with Crippen molar-refractivity contribution in [1.82, 2.24) is 4.98 Å². The van der Waals surface area contributed by atoms with Crippen LogP contribution in [-0.2, 0) is 11.2 Å². The fraction of sp³-hybridized carbons (Fsp3) is 0.143. The van der Waals surface area contributed by atoms with Crippen molar-refractivity contribution in [3.05, 3.63) is 83.3 Å². The second kappa shape index (κ2) is 7.78. The molecular weight excluding hydrogens is 329 g/mol. The van der Waals surface area contributed by atoms with Crippen LogP contribution in [-0.4, -0.2) is 10.9 Å². The van der Waals surface area contributed by atoms with Crippen LogP contribution in [0.25, 0.3) is 0 Å². The van der Waals surface area contributed by atoms with Crippen molar-refractivity contribution in [3.63, 3.8) is 0 Å². The molecule has 1 aromatic heterocycles. The molecule has 0 bridgehead atoms. The van der Waals surface area contributed by atoms with Gasteiger partial charge in [0.1, 0.15) is 11.6 Å². The molecule has 0 saturated carbocycles. The van der Waals surface area contributed by atoms with E-state index in [4.69, 9.17) is 0 Å². The average Bonchev–Trinajstić information content (AvgIpc) is 2.60. The summed E-state index contributed by atoms with van der Waals surface area (Å²) >= 11 is 0. The molecule has 0 aliphatic heterocycles. The van der Waals surface area contributed by atoms with Crippen LogP contribution in [0.4, 0.5) is 21.6 Å². The minimum atomic E-state index is -0.352. The lowest BCUT2D eigenvalue weighted by Gasteiger charge is -2.11. The Morgan fingerprint density at radius 1 is 1.08 bits per heavy atom. The molecule has 4 nitrogen and oxygen atoms in total. The number of rotatable bonds is 5. The molecule has 0 aliphatic rings. The summed E-state index contributed by atoms with van der Waals surface area (Å²) in [4.78, 5) is 16.3. The molecule has 2 aromatic carbocycles. The van der Waals surface area contributed by atoms with Gasteiger partial charge in [0, 0.05) is 5.69 Å². The lowest BCUT2D eigenvalue weighted by atomic mass is 10.1. The molecule has 0 unspecified atom stereocenters. The molecule has 1 amide bonds. The first-order valence-corrected chi connectivity index (χ1v) is 8.34. The monoisotopic (exact) mass is 349 g/mol. The van der Waals surface area contributed by atoms with Gasteiger partial charge in [-0.05, 0) is 60.9 Å². The summed E-state index contributed by atoms with van der Waals surface area (Å²) in [5.41, 5.74) is 4.79. The molecule has 2 N–H and O–H groups in total. The molecule has 132 valence electrons. The van der Waals surface area contributed by atoms with Crippen molar-refractivity contribution in [2.45, 2.75) is 20.3 Å². The molecule has 0 atom stereocenters. The maximum atomic E-state index is 13.2. The van der Waals surface area contributed by atoms with Gasteiger partial charge in [0.05, 0.1) is 18.3 Å². The van der Waals surface area contributed by atoms with Crippen LogP contribution >= 0.6 is 0 Å². The molecule has 0 radical (unpaired) electrons. The lowest BCUT2D eigenvalue weighted by molar-refractivity contribution is -0.115. The third-order valence-electron chi connectivity index (χ3n) is 3.96. The summed E-state index contributed by atoms with van der Waals surface area (Å²) in [6.07, 6.45) is 1.77. The van der Waals surface area contributed by atoms with Crippen molar-refractivity contribution < 1.29 is 9.18 Å². The van der Waals surface area contributed by atoms with Gasteiger partial charge < -0.3 is 10.6 Å². The van der Waals surface area contributed by atoms with E-state index in [1.165, 1.54) is 17.7 Å². The Kier molecular flexibility index (Phi) is 5.27. The number of anilines is 3. The smallest absolute Gasteiger partial charge is 0.229 e. The second-order valence-corrected chi connectivity index (χ2v) is 6.23. The Morgan fingerprint density at radius 3 is 2.65 bits per heavy atom. The van der Waals surface area contributed by atoms with Gasteiger partial charge in [0.15, 0.2) is 0 Å². The highest BCUT2D eigenvalue weighted by atomic mass is 19.1. The van der Waals surface area contributed by atoms with E-state index >= 15 is 0 Å². The van der Waals surface area contributed by atoms with E-state index in [0.717, 1.165) is 16.9 Å². The van der Waals surface area contributed by atoms with Crippen molar-refractivity contribution in [2.75, 3.05) is 10.6 Å². The fourth-order valence-corrected chi connectivity index (χ4v) is 2.59. The summed E-state index contributed by atoms with van der Waals surface area (Å²) in [7, 11) is 0. The zero-order valence-corrected chi connectivity index (χ0v) is 14.7. The zero-order valence-electron chi connectivity index (χ0n) is 14.7. The fourth-order valence-electron chi connectivity index (χ4n) is 2.59. The summed E-state index contributed by atoms with van der Waals surface area (Å²) in [6, 6.07) is 15.8. The van der Waals surface area contributed by atoms with Gasteiger partial charge in [-0.1, -0.05) is 24.3 Å². The van der Waals surface area contributed by atoms with Gasteiger partial charge in [-0.15, -0.1) is 0 Å². The number of benzene rings is 2. The zero-order chi connectivity index (χ0) is 18.5. The maximum absolute atomic E-state index is 13.2. The number of nitrogens with zero attached hydrogens (tertiary/aromatic N) is 1. The number of nitrogens with one attached hydrogen (secondary N) is 2. The molecular formula is C21H20FN3O. The van der Waals surface area contributed by atoms with Crippen LogP contribution in [0.3, 0.4) is 0 Å².